The molecule has 8 nitrogen and oxygen atoms in total. The molecule has 1 aliphatic heterocycles. The van der Waals surface area contributed by atoms with Crippen LogP contribution in [0.3, 0.4) is 0 Å². The van der Waals surface area contributed by atoms with Crippen LogP contribution in [0.4, 0.5) is 9.18 Å². The molecule has 1 aliphatic rings. The number of ether oxygens (including phenoxy) is 1. The molecule has 0 radical (unpaired) electrons. The average molecular weight is 543 g/mol. The summed E-state index contributed by atoms with van der Waals surface area (Å²) >= 11 is 0. The minimum Gasteiger partial charge on any atom is -0.376 e. The van der Waals surface area contributed by atoms with E-state index < -0.39 is 21.2 Å². The fourth-order valence-corrected chi connectivity index (χ4v) is 5.91. The Morgan fingerprint density at radius 2 is 1.84 bits per heavy atom. The lowest BCUT2D eigenvalue weighted by atomic mass is 10.1. The number of hydrogen-bond donors (Lipinski definition) is 1. The largest absolute Gasteiger partial charge is 0.376 e. The van der Waals surface area contributed by atoms with E-state index in [9.17, 15) is 17.6 Å². The first-order chi connectivity index (χ1) is 18.0. The van der Waals surface area contributed by atoms with Gasteiger partial charge in [-0.25, -0.2) is 22.6 Å². The lowest BCUT2D eigenvalue weighted by Gasteiger charge is -2.30. The van der Waals surface area contributed by atoms with Gasteiger partial charge in [0.2, 0.25) is 15.0 Å². The number of sulfone groups is 1. The van der Waals surface area contributed by atoms with E-state index in [1.165, 1.54) is 30.5 Å². The van der Waals surface area contributed by atoms with Gasteiger partial charge in [0.1, 0.15) is 5.82 Å². The number of carbonyl (C=O) groups is 1. The number of urea groups is 1. The summed E-state index contributed by atoms with van der Waals surface area (Å²) in [6, 6.07) is 14.6. The Bertz CT molecular complexity index is 1330. The first-order valence-electron chi connectivity index (χ1n) is 12.7. The molecule has 38 heavy (non-hydrogen) atoms. The standard InChI is InChI=1S/C28H35FN4O4S/c1-28(2,3)31-26(34)32(19-25-10-7-15-37-25)18-24-16-30-27(33(24)17-21-8-5-4-6-9-21)38(35,36)20-22-11-13-23(29)14-12-22/h4-6,8-9,11-14,16,25H,7,10,15,17-20H2,1-3H3,(H,31,34). The summed E-state index contributed by atoms with van der Waals surface area (Å²) in [6.45, 7) is 7.21. The Labute approximate surface area is 223 Å². The molecular weight excluding hydrogens is 507 g/mol. The summed E-state index contributed by atoms with van der Waals surface area (Å²) in [7, 11) is -3.88. The number of carbonyl (C=O) groups excluding carboxylic acids is 1. The third-order valence-electron chi connectivity index (χ3n) is 6.20. The molecule has 2 aromatic carbocycles. The molecule has 1 aromatic heterocycles. The van der Waals surface area contributed by atoms with Crippen molar-refractivity contribution in [1.29, 1.82) is 0 Å². The van der Waals surface area contributed by atoms with Crippen molar-refractivity contribution in [1.82, 2.24) is 19.8 Å². The van der Waals surface area contributed by atoms with E-state index in [0.29, 0.717) is 24.4 Å². The summed E-state index contributed by atoms with van der Waals surface area (Å²) in [6.07, 6.45) is 3.25. The van der Waals surface area contributed by atoms with Crippen LogP contribution in [-0.4, -0.2) is 53.7 Å². The number of nitrogens with one attached hydrogen (secondary N) is 1. The number of halogens is 1. The summed E-state index contributed by atoms with van der Waals surface area (Å²) in [5.41, 5.74) is 1.51. The molecular formula is C28H35FN4O4S. The van der Waals surface area contributed by atoms with Crippen molar-refractivity contribution >= 4 is 15.9 Å². The molecule has 0 saturated carbocycles. The summed E-state index contributed by atoms with van der Waals surface area (Å²) in [4.78, 5) is 19.3. The van der Waals surface area contributed by atoms with E-state index in [0.717, 1.165) is 18.4 Å². The molecule has 1 atom stereocenters. The molecule has 0 spiro atoms. The highest BCUT2D eigenvalue weighted by molar-refractivity contribution is 7.90. The second kappa shape index (κ2) is 11.7. The summed E-state index contributed by atoms with van der Waals surface area (Å²) in [5, 5.41) is 2.92. The van der Waals surface area contributed by atoms with Crippen molar-refractivity contribution in [3.05, 3.63) is 83.4 Å². The molecule has 2 heterocycles. The van der Waals surface area contributed by atoms with Gasteiger partial charge in [0.05, 0.1) is 36.8 Å². The third-order valence-corrected chi connectivity index (χ3v) is 7.80. The van der Waals surface area contributed by atoms with E-state index >= 15 is 0 Å². The predicted octanol–water partition coefficient (Wildman–Crippen LogP) is 4.53. The molecule has 3 aromatic rings. The van der Waals surface area contributed by atoms with Crippen LogP contribution in [0, 0.1) is 5.82 Å². The molecule has 1 fully saturated rings. The molecule has 0 bridgehead atoms. The van der Waals surface area contributed by atoms with Crippen LogP contribution in [0.15, 0.2) is 66.0 Å². The van der Waals surface area contributed by atoms with E-state index in [-0.39, 0.29) is 36.1 Å². The summed E-state index contributed by atoms with van der Waals surface area (Å²) in [5.74, 6) is -0.748. The number of benzene rings is 2. The lowest BCUT2D eigenvalue weighted by molar-refractivity contribution is 0.0775. The van der Waals surface area contributed by atoms with E-state index in [1.807, 2.05) is 51.1 Å². The maximum Gasteiger partial charge on any atom is 0.318 e. The van der Waals surface area contributed by atoms with Gasteiger partial charge in [0.15, 0.2) is 0 Å². The minimum absolute atomic E-state index is 0.0760. The van der Waals surface area contributed by atoms with E-state index in [1.54, 1.807) is 9.47 Å². The van der Waals surface area contributed by atoms with Crippen molar-refractivity contribution in [2.24, 2.45) is 0 Å². The fourth-order valence-electron chi connectivity index (χ4n) is 4.41. The van der Waals surface area contributed by atoms with Crippen molar-refractivity contribution < 1.29 is 22.3 Å². The van der Waals surface area contributed by atoms with Gasteiger partial charge in [-0.3, -0.25) is 0 Å². The SMILES string of the molecule is CC(C)(C)NC(=O)N(Cc1cnc(S(=O)(=O)Cc2ccc(F)cc2)n1Cc1ccccc1)CC1CCCO1. The van der Waals surface area contributed by atoms with Crippen LogP contribution in [0.1, 0.15) is 50.4 Å². The molecule has 0 aliphatic carbocycles. The minimum atomic E-state index is -3.88. The fraction of sp³-hybridized carbons (Fsp3) is 0.429. The van der Waals surface area contributed by atoms with Crippen LogP contribution in [-0.2, 0) is 33.4 Å². The van der Waals surface area contributed by atoms with Gasteiger partial charge in [0.25, 0.3) is 0 Å². The number of hydrogen-bond acceptors (Lipinski definition) is 5. The van der Waals surface area contributed by atoms with E-state index in [2.05, 4.69) is 10.3 Å². The predicted molar refractivity (Wildman–Crippen MR) is 143 cm³/mol. The molecule has 1 saturated heterocycles. The van der Waals surface area contributed by atoms with Gasteiger partial charge in [-0.2, -0.15) is 0 Å². The van der Waals surface area contributed by atoms with Crippen molar-refractivity contribution in [3.63, 3.8) is 0 Å². The monoisotopic (exact) mass is 542 g/mol. The Morgan fingerprint density at radius 3 is 2.47 bits per heavy atom. The molecule has 1 N–H and O–H groups in total. The maximum atomic E-state index is 13.5. The lowest BCUT2D eigenvalue weighted by Crippen LogP contribution is -2.50. The smallest absolute Gasteiger partial charge is 0.318 e. The second-order valence-corrected chi connectivity index (χ2v) is 12.6. The van der Waals surface area contributed by atoms with Gasteiger partial charge in [-0.1, -0.05) is 42.5 Å². The number of amides is 2. The Kier molecular flexibility index (Phi) is 8.52. The highest BCUT2D eigenvalue weighted by Crippen LogP contribution is 2.22. The first kappa shape index (κ1) is 27.8. The molecule has 1 unspecified atom stereocenters. The van der Waals surface area contributed by atoms with Gasteiger partial charge >= 0.3 is 6.03 Å². The topological polar surface area (TPSA) is 93.5 Å². The summed E-state index contributed by atoms with van der Waals surface area (Å²) < 4.78 is 47.8. The Balaban J connectivity index is 1.68. The zero-order chi connectivity index (χ0) is 27.3. The zero-order valence-corrected chi connectivity index (χ0v) is 22.9. The van der Waals surface area contributed by atoms with Crippen molar-refractivity contribution in [2.45, 2.75) is 69.3 Å². The van der Waals surface area contributed by atoms with Crippen LogP contribution in [0.5, 0.6) is 0 Å². The molecule has 4 rings (SSSR count). The van der Waals surface area contributed by atoms with Crippen molar-refractivity contribution in [2.75, 3.05) is 13.2 Å². The molecule has 2 amide bonds. The second-order valence-electron chi connectivity index (χ2n) is 10.7. The highest BCUT2D eigenvalue weighted by Gasteiger charge is 2.29. The Hall–Kier alpha value is -3.24. The Morgan fingerprint density at radius 1 is 1.13 bits per heavy atom. The average Bonchev–Trinajstić information content (AvgIpc) is 3.50. The van der Waals surface area contributed by atoms with Gasteiger partial charge in [-0.15, -0.1) is 0 Å². The molecule has 10 heteroatoms. The highest BCUT2D eigenvalue weighted by atomic mass is 32.2. The van der Waals surface area contributed by atoms with Gasteiger partial charge < -0.3 is 19.5 Å². The zero-order valence-electron chi connectivity index (χ0n) is 22.1. The van der Waals surface area contributed by atoms with Crippen LogP contribution in [0.25, 0.3) is 0 Å². The van der Waals surface area contributed by atoms with E-state index in [4.69, 9.17) is 4.74 Å². The van der Waals surface area contributed by atoms with Gasteiger partial charge in [0, 0.05) is 18.7 Å². The normalized spacial score (nSPS) is 15.9. The number of nitrogens with zero attached hydrogens (tertiary/aromatic N) is 3. The number of rotatable bonds is 9. The number of imidazole rings is 1. The quantitative estimate of drug-likeness (QED) is 0.429. The van der Waals surface area contributed by atoms with Gasteiger partial charge in [-0.05, 0) is 56.9 Å². The first-order valence-corrected chi connectivity index (χ1v) is 14.4. The maximum absolute atomic E-state index is 13.5. The van der Waals surface area contributed by atoms with Crippen molar-refractivity contribution in [3.8, 4) is 0 Å². The van der Waals surface area contributed by atoms with Crippen LogP contribution >= 0.6 is 0 Å². The number of aromatic nitrogens is 2. The van der Waals surface area contributed by atoms with Crippen LogP contribution < -0.4 is 5.32 Å². The van der Waals surface area contributed by atoms with Crippen LogP contribution in [0.2, 0.25) is 0 Å². The molecule has 204 valence electrons. The third kappa shape index (κ3) is 7.41.